The Labute approximate surface area is 50.4 Å². The van der Waals surface area contributed by atoms with E-state index < -0.39 is 0 Å². The van der Waals surface area contributed by atoms with Crippen molar-refractivity contribution >= 4 is 5.71 Å². The predicted molar refractivity (Wildman–Crippen MR) is 38.1 cm³/mol. The Bertz CT molecular complexity index is 131. The zero-order valence-electron chi connectivity index (χ0n) is 5.44. The van der Waals surface area contributed by atoms with Gasteiger partial charge in [-0.2, -0.15) is 0 Å². The topological polar surface area (TPSA) is 12.4 Å². The molecule has 0 spiro atoms. The summed E-state index contributed by atoms with van der Waals surface area (Å²) in [4.78, 5) is 4.00. The molecule has 0 amide bonds. The third-order valence-electron chi connectivity index (χ3n) is 0.663. The molecule has 0 saturated heterocycles. The van der Waals surface area contributed by atoms with E-state index in [-0.39, 0.29) is 0 Å². The van der Waals surface area contributed by atoms with Crippen molar-refractivity contribution in [3.63, 3.8) is 0 Å². The van der Waals surface area contributed by atoms with Gasteiger partial charge < -0.3 is 0 Å². The smallest absolute Gasteiger partial charge is 0.0369 e. The summed E-state index contributed by atoms with van der Waals surface area (Å²) >= 11 is 0. The maximum absolute atomic E-state index is 4.00. The maximum Gasteiger partial charge on any atom is 0.0369 e. The standard InChI is InChI=1S/C7H11N/c1-5-7(4)8-6(2)3/h5H,1-2H2,3-4H3/b8-7+. The van der Waals surface area contributed by atoms with Gasteiger partial charge in [-0.25, -0.2) is 0 Å². The second kappa shape index (κ2) is 3.19. The number of hydrogen-bond donors (Lipinski definition) is 0. The largest absolute Gasteiger partial charge is 0.259 e. The maximum atomic E-state index is 4.00. The summed E-state index contributed by atoms with van der Waals surface area (Å²) in [5, 5.41) is 0. The molecule has 0 aliphatic carbocycles. The van der Waals surface area contributed by atoms with E-state index in [9.17, 15) is 0 Å². The molecule has 1 heteroatoms. The summed E-state index contributed by atoms with van der Waals surface area (Å²) in [6, 6.07) is 0. The van der Waals surface area contributed by atoms with Crippen molar-refractivity contribution < 1.29 is 0 Å². The first-order chi connectivity index (χ1) is 3.66. The second-order valence-electron chi connectivity index (χ2n) is 1.69. The Morgan fingerprint density at radius 3 is 2.12 bits per heavy atom. The Balaban J connectivity index is 3.94. The van der Waals surface area contributed by atoms with Crippen molar-refractivity contribution in [3.8, 4) is 0 Å². The van der Waals surface area contributed by atoms with Crippen molar-refractivity contribution in [1.82, 2.24) is 0 Å². The summed E-state index contributed by atoms with van der Waals surface area (Å²) in [5.74, 6) is 0. The molecule has 0 rings (SSSR count). The van der Waals surface area contributed by atoms with Gasteiger partial charge in [-0.1, -0.05) is 13.2 Å². The third-order valence-corrected chi connectivity index (χ3v) is 0.663. The predicted octanol–water partition coefficient (Wildman–Crippen LogP) is 2.17. The quantitative estimate of drug-likeness (QED) is 0.482. The van der Waals surface area contributed by atoms with Crippen LogP contribution in [0.1, 0.15) is 13.8 Å². The van der Waals surface area contributed by atoms with Crippen LogP contribution in [-0.4, -0.2) is 5.71 Å². The van der Waals surface area contributed by atoms with Gasteiger partial charge in [0.25, 0.3) is 0 Å². The first-order valence-corrected chi connectivity index (χ1v) is 2.50. The van der Waals surface area contributed by atoms with Gasteiger partial charge in [0.05, 0.1) is 0 Å². The van der Waals surface area contributed by atoms with E-state index in [2.05, 4.69) is 18.2 Å². The van der Waals surface area contributed by atoms with Gasteiger partial charge in [0.2, 0.25) is 0 Å². The van der Waals surface area contributed by atoms with Crippen molar-refractivity contribution in [2.45, 2.75) is 13.8 Å². The number of hydrogen-bond acceptors (Lipinski definition) is 1. The molecule has 0 aromatic carbocycles. The zero-order valence-corrected chi connectivity index (χ0v) is 5.44. The van der Waals surface area contributed by atoms with Crippen LogP contribution in [0, 0.1) is 0 Å². The van der Waals surface area contributed by atoms with E-state index in [1.165, 1.54) is 0 Å². The fourth-order valence-corrected chi connectivity index (χ4v) is 0.347. The van der Waals surface area contributed by atoms with Gasteiger partial charge in [-0.15, -0.1) is 0 Å². The van der Waals surface area contributed by atoms with Crippen LogP contribution in [0.3, 0.4) is 0 Å². The van der Waals surface area contributed by atoms with Gasteiger partial charge in [-0.05, 0) is 19.9 Å². The summed E-state index contributed by atoms with van der Waals surface area (Å²) in [5.41, 5.74) is 1.74. The lowest BCUT2D eigenvalue weighted by Crippen LogP contribution is -1.81. The lowest BCUT2D eigenvalue weighted by atomic mass is 10.4. The third kappa shape index (κ3) is 3.34. The highest BCUT2D eigenvalue weighted by atomic mass is 14.7. The molecule has 0 N–H and O–H groups in total. The molecule has 8 heavy (non-hydrogen) atoms. The molecule has 0 heterocycles. The first-order valence-electron chi connectivity index (χ1n) is 2.50. The number of nitrogens with zero attached hydrogens (tertiary/aromatic N) is 1. The van der Waals surface area contributed by atoms with Crippen LogP contribution in [0.25, 0.3) is 0 Å². The lowest BCUT2D eigenvalue weighted by Gasteiger charge is -1.87. The highest BCUT2D eigenvalue weighted by Gasteiger charge is 1.78. The highest BCUT2D eigenvalue weighted by Crippen LogP contribution is 1.89. The summed E-state index contributed by atoms with van der Waals surface area (Å²) in [6.07, 6.45) is 1.70. The molecule has 0 fully saturated rings. The highest BCUT2D eigenvalue weighted by molar-refractivity contribution is 5.92. The van der Waals surface area contributed by atoms with Gasteiger partial charge in [0, 0.05) is 11.4 Å². The average molecular weight is 109 g/mol. The Kier molecular flexibility index (Phi) is 2.85. The number of rotatable bonds is 2. The van der Waals surface area contributed by atoms with Gasteiger partial charge >= 0.3 is 0 Å². The fraction of sp³-hybridized carbons (Fsp3) is 0.286. The zero-order chi connectivity index (χ0) is 6.57. The van der Waals surface area contributed by atoms with E-state index in [4.69, 9.17) is 0 Å². The van der Waals surface area contributed by atoms with E-state index >= 15 is 0 Å². The van der Waals surface area contributed by atoms with Crippen LogP contribution < -0.4 is 0 Å². The summed E-state index contributed by atoms with van der Waals surface area (Å²) < 4.78 is 0. The summed E-state index contributed by atoms with van der Waals surface area (Å²) in [6.45, 7) is 10.9. The van der Waals surface area contributed by atoms with Gasteiger partial charge in [-0.3, -0.25) is 4.99 Å². The van der Waals surface area contributed by atoms with E-state index in [0.29, 0.717) is 0 Å². The number of aliphatic imine (C=N–C) groups is 1. The van der Waals surface area contributed by atoms with E-state index in [1.807, 2.05) is 13.8 Å². The van der Waals surface area contributed by atoms with Gasteiger partial charge in [0.1, 0.15) is 0 Å². The first kappa shape index (κ1) is 7.15. The van der Waals surface area contributed by atoms with E-state index in [1.54, 1.807) is 6.08 Å². The molecule has 0 saturated carbocycles. The Morgan fingerprint density at radius 1 is 1.50 bits per heavy atom. The number of allylic oxidation sites excluding steroid dienone is 2. The van der Waals surface area contributed by atoms with Crippen LogP contribution in [0.4, 0.5) is 0 Å². The van der Waals surface area contributed by atoms with Gasteiger partial charge in [0.15, 0.2) is 0 Å². The van der Waals surface area contributed by atoms with Crippen molar-refractivity contribution in [2.75, 3.05) is 0 Å². The minimum atomic E-state index is 0.822. The molecule has 0 aromatic rings. The van der Waals surface area contributed by atoms with Crippen LogP contribution in [0.15, 0.2) is 29.9 Å². The SMILES string of the molecule is C=C/C(C)=N/C(=C)C. The molecule has 44 valence electrons. The molecular formula is C7H11N. The van der Waals surface area contributed by atoms with Crippen LogP contribution in [-0.2, 0) is 0 Å². The Morgan fingerprint density at radius 2 is 2.00 bits per heavy atom. The average Bonchev–Trinajstić information content (AvgIpc) is 1.65. The minimum absolute atomic E-state index is 0.822. The molecule has 0 atom stereocenters. The van der Waals surface area contributed by atoms with Crippen LogP contribution in [0.5, 0.6) is 0 Å². The molecule has 0 unspecified atom stereocenters. The Hall–Kier alpha value is -0.850. The minimum Gasteiger partial charge on any atom is -0.259 e. The molecule has 0 aromatic heterocycles. The molecule has 1 nitrogen and oxygen atoms in total. The molecular weight excluding hydrogens is 98.1 g/mol. The molecule has 0 bridgehead atoms. The molecule has 0 aliphatic rings. The summed E-state index contributed by atoms with van der Waals surface area (Å²) in [7, 11) is 0. The monoisotopic (exact) mass is 109 g/mol. The van der Waals surface area contributed by atoms with E-state index in [0.717, 1.165) is 11.4 Å². The second-order valence-corrected chi connectivity index (χ2v) is 1.69. The fourth-order valence-electron chi connectivity index (χ4n) is 0.347. The van der Waals surface area contributed by atoms with Crippen LogP contribution in [0.2, 0.25) is 0 Å². The van der Waals surface area contributed by atoms with Crippen molar-refractivity contribution in [1.29, 1.82) is 0 Å². The molecule has 0 aliphatic heterocycles. The molecule has 0 radical (unpaired) electrons. The lowest BCUT2D eigenvalue weighted by molar-refractivity contribution is 1.32. The van der Waals surface area contributed by atoms with Crippen molar-refractivity contribution in [2.24, 2.45) is 4.99 Å². The van der Waals surface area contributed by atoms with Crippen LogP contribution >= 0.6 is 0 Å². The normalized spacial score (nSPS) is 11.0. The van der Waals surface area contributed by atoms with Crippen molar-refractivity contribution in [3.05, 3.63) is 24.9 Å².